The minimum absolute atomic E-state index is 0.399. The van der Waals surface area contributed by atoms with E-state index in [0.29, 0.717) is 6.04 Å². The van der Waals surface area contributed by atoms with E-state index < -0.39 is 0 Å². The summed E-state index contributed by atoms with van der Waals surface area (Å²) in [6.07, 6.45) is 2.08. The predicted molar refractivity (Wildman–Crippen MR) is 42.3 cm³/mol. The summed E-state index contributed by atoms with van der Waals surface area (Å²) in [4.78, 5) is 0. The molecule has 1 aromatic rings. The Kier molecular flexibility index (Phi) is 1.32. The number of aromatic nitrogens is 1. The molecule has 0 saturated carbocycles. The lowest BCUT2D eigenvalue weighted by Gasteiger charge is -1.92. The van der Waals surface area contributed by atoms with Gasteiger partial charge in [-0.1, -0.05) is 4.68 Å². The lowest BCUT2D eigenvalue weighted by Crippen LogP contribution is -2.45. The third-order valence-electron chi connectivity index (χ3n) is 1.97. The molecule has 1 atom stereocenters. The molecule has 58 valence electrons. The Hall–Kier alpha value is -1.09. The van der Waals surface area contributed by atoms with Crippen molar-refractivity contribution in [2.75, 3.05) is 5.53 Å². The Bertz CT molecular complexity index is 283. The minimum Gasteiger partial charge on any atom is -0.173 e. The van der Waals surface area contributed by atoms with Crippen LogP contribution in [0.4, 0.5) is 0 Å². The highest BCUT2D eigenvalue weighted by molar-refractivity contribution is 5.11. The molecule has 0 bridgehead atoms. The smallest absolute Gasteiger partial charge is 0.173 e. The number of hydrogen-bond donors (Lipinski definition) is 2. The van der Waals surface area contributed by atoms with Crippen LogP contribution in [0.2, 0.25) is 0 Å². The van der Waals surface area contributed by atoms with Crippen molar-refractivity contribution in [3.05, 3.63) is 29.6 Å². The van der Waals surface area contributed by atoms with Gasteiger partial charge in [0.15, 0.2) is 0 Å². The first-order valence-corrected chi connectivity index (χ1v) is 3.81. The summed E-state index contributed by atoms with van der Waals surface area (Å²) in [6.45, 7) is 4.21. The fourth-order valence-electron chi connectivity index (χ4n) is 1.31. The maximum atomic E-state index is 3.13. The highest BCUT2D eigenvalue weighted by Crippen LogP contribution is 2.09. The van der Waals surface area contributed by atoms with Crippen LogP contribution in [0.15, 0.2) is 18.3 Å². The van der Waals surface area contributed by atoms with E-state index in [0.717, 1.165) is 0 Å². The van der Waals surface area contributed by atoms with Gasteiger partial charge >= 0.3 is 0 Å². The molecule has 2 N–H and O–H groups in total. The van der Waals surface area contributed by atoms with Gasteiger partial charge in [0.2, 0.25) is 11.9 Å². The van der Waals surface area contributed by atoms with Crippen molar-refractivity contribution in [3.63, 3.8) is 0 Å². The van der Waals surface area contributed by atoms with Gasteiger partial charge in [-0.3, -0.25) is 0 Å². The molecule has 2 heterocycles. The molecule has 3 nitrogen and oxygen atoms in total. The highest BCUT2D eigenvalue weighted by Gasteiger charge is 2.24. The molecule has 11 heavy (non-hydrogen) atoms. The Morgan fingerprint density at radius 3 is 3.09 bits per heavy atom. The van der Waals surface area contributed by atoms with Crippen LogP contribution >= 0.6 is 0 Å². The summed E-state index contributed by atoms with van der Waals surface area (Å²) in [6, 6.07) is 4.65. The molecule has 0 aliphatic carbocycles. The summed E-state index contributed by atoms with van der Waals surface area (Å²) < 4.78 is 2.01. The van der Waals surface area contributed by atoms with E-state index in [2.05, 4.69) is 43.1 Å². The van der Waals surface area contributed by atoms with Gasteiger partial charge in [-0.05, 0) is 19.9 Å². The summed E-state index contributed by atoms with van der Waals surface area (Å²) in [7, 11) is 0. The number of nitrogens with zero attached hydrogens (tertiary/aromatic N) is 1. The SMILES string of the molecule is Cc1ccc2[n+](c1)NNC2C. The van der Waals surface area contributed by atoms with E-state index in [1.165, 1.54) is 11.3 Å². The molecular formula is C8H12N3+. The van der Waals surface area contributed by atoms with Crippen LogP contribution < -0.4 is 15.6 Å². The van der Waals surface area contributed by atoms with Gasteiger partial charge < -0.3 is 0 Å². The van der Waals surface area contributed by atoms with Crippen LogP contribution in [0.25, 0.3) is 0 Å². The Morgan fingerprint density at radius 1 is 1.45 bits per heavy atom. The highest BCUT2D eigenvalue weighted by atomic mass is 15.7. The average Bonchev–Trinajstić information content (AvgIpc) is 2.32. The molecule has 0 spiro atoms. The van der Waals surface area contributed by atoms with E-state index in [1.54, 1.807) is 0 Å². The van der Waals surface area contributed by atoms with E-state index in [4.69, 9.17) is 0 Å². The second-order valence-corrected chi connectivity index (χ2v) is 2.98. The summed E-state index contributed by atoms with van der Waals surface area (Å²) in [5.41, 5.74) is 8.72. The number of nitrogens with one attached hydrogen (secondary N) is 2. The van der Waals surface area contributed by atoms with Gasteiger partial charge in [0, 0.05) is 11.6 Å². The molecule has 0 amide bonds. The van der Waals surface area contributed by atoms with Crippen molar-refractivity contribution in [2.24, 2.45) is 0 Å². The molecule has 3 heteroatoms. The number of aryl methyl sites for hydroxylation is 1. The number of pyridine rings is 1. The largest absolute Gasteiger partial charge is 0.231 e. The third kappa shape index (κ3) is 0.973. The first-order valence-electron chi connectivity index (χ1n) is 3.81. The van der Waals surface area contributed by atoms with Crippen molar-refractivity contribution < 1.29 is 4.68 Å². The number of rotatable bonds is 0. The van der Waals surface area contributed by atoms with Crippen LogP contribution in [-0.4, -0.2) is 0 Å². The van der Waals surface area contributed by atoms with Crippen LogP contribution in [0.3, 0.4) is 0 Å². The lowest BCUT2D eigenvalue weighted by atomic mass is 10.2. The van der Waals surface area contributed by atoms with E-state index in [1.807, 2.05) is 4.68 Å². The van der Waals surface area contributed by atoms with Gasteiger partial charge in [0.25, 0.3) is 0 Å². The molecule has 1 aliphatic heterocycles. The fraction of sp³-hybridized carbons (Fsp3) is 0.375. The van der Waals surface area contributed by atoms with Crippen LogP contribution in [0, 0.1) is 6.92 Å². The zero-order valence-corrected chi connectivity index (χ0v) is 6.76. The van der Waals surface area contributed by atoms with E-state index >= 15 is 0 Å². The molecule has 1 aromatic heterocycles. The van der Waals surface area contributed by atoms with E-state index in [-0.39, 0.29) is 0 Å². The van der Waals surface area contributed by atoms with Crippen molar-refractivity contribution in [1.82, 2.24) is 5.43 Å². The normalized spacial score (nSPS) is 21.1. The van der Waals surface area contributed by atoms with Gasteiger partial charge in [-0.2, -0.15) is 5.43 Å². The number of hydrazine groups is 1. The fourth-order valence-corrected chi connectivity index (χ4v) is 1.31. The standard InChI is InChI=1S/C8H12N3/c1-6-3-4-8-7(2)9-10-11(8)5-6/h3-5,7,9-10H,1-2H3/q+1. The molecule has 1 aliphatic rings. The van der Waals surface area contributed by atoms with Crippen molar-refractivity contribution in [1.29, 1.82) is 0 Å². The third-order valence-corrected chi connectivity index (χ3v) is 1.97. The molecule has 0 saturated heterocycles. The van der Waals surface area contributed by atoms with Crippen LogP contribution in [-0.2, 0) is 0 Å². The van der Waals surface area contributed by atoms with Crippen LogP contribution in [0.1, 0.15) is 24.2 Å². The minimum atomic E-state index is 0.399. The topological polar surface area (TPSA) is 27.9 Å². The van der Waals surface area contributed by atoms with Crippen molar-refractivity contribution in [3.8, 4) is 0 Å². The molecule has 0 fully saturated rings. The summed E-state index contributed by atoms with van der Waals surface area (Å²) in [5.74, 6) is 0. The Morgan fingerprint density at radius 2 is 2.27 bits per heavy atom. The molecule has 2 rings (SSSR count). The quantitative estimate of drug-likeness (QED) is 0.524. The first-order chi connectivity index (χ1) is 5.27. The van der Waals surface area contributed by atoms with E-state index in [9.17, 15) is 0 Å². The molecule has 0 radical (unpaired) electrons. The average molecular weight is 150 g/mol. The van der Waals surface area contributed by atoms with Crippen molar-refractivity contribution in [2.45, 2.75) is 19.9 Å². The van der Waals surface area contributed by atoms with Gasteiger partial charge in [0.05, 0.1) is 0 Å². The monoisotopic (exact) mass is 150 g/mol. The van der Waals surface area contributed by atoms with Gasteiger partial charge in [-0.25, -0.2) is 0 Å². The maximum absolute atomic E-state index is 3.13. The summed E-state index contributed by atoms with van der Waals surface area (Å²) in [5, 5.41) is 0. The molecule has 0 aromatic carbocycles. The zero-order chi connectivity index (χ0) is 7.84. The number of hydrogen-bond acceptors (Lipinski definition) is 2. The van der Waals surface area contributed by atoms with Gasteiger partial charge in [-0.15, -0.1) is 5.53 Å². The van der Waals surface area contributed by atoms with Crippen LogP contribution in [0.5, 0.6) is 0 Å². The van der Waals surface area contributed by atoms with Gasteiger partial charge in [0.1, 0.15) is 6.04 Å². The lowest BCUT2D eigenvalue weighted by molar-refractivity contribution is -0.650. The second kappa shape index (κ2) is 2.20. The molecular weight excluding hydrogens is 138 g/mol. The Labute approximate surface area is 66.0 Å². The number of fused-ring (bicyclic) bond motifs is 1. The van der Waals surface area contributed by atoms with Crippen molar-refractivity contribution >= 4 is 0 Å². The molecule has 1 unspecified atom stereocenters. The Balaban J connectivity index is 2.50. The summed E-state index contributed by atoms with van der Waals surface area (Å²) >= 11 is 0. The zero-order valence-electron chi connectivity index (χ0n) is 6.76. The second-order valence-electron chi connectivity index (χ2n) is 2.98. The maximum Gasteiger partial charge on any atom is 0.231 e. The first kappa shape index (κ1) is 6.61. The predicted octanol–water partition coefficient (Wildman–Crippen LogP) is 0.405.